The van der Waals surface area contributed by atoms with E-state index in [1.54, 1.807) is 24.3 Å². The topological polar surface area (TPSA) is 142 Å². The zero-order valence-electron chi connectivity index (χ0n) is 34.5. The quantitative estimate of drug-likeness (QED) is 0.195. The number of aromatic nitrogens is 1. The standard InChI is InChI=1S/C45H54ClFN8O5/c1-49-44(58)41(4-3-21-56)55-27-33-22-39(47)42(24-37(33)45(55)59)53-19-17-52(18-20-53)26-30-13-15-54(16-14-30)43-12-6-32(29-57)40(50-43)28-51(2)34-7-10-35(11-8-34)60-36-9-5-31(25-48)38(46)23-36/h5-6,9,12,21-24,29-30,34-35,41H,3-4,7-8,10-11,13-20,26-28H2,1-2H3,(H,49,58). The molecule has 1 aromatic heterocycles. The molecule has 0 radical (unpaired) electrons. The molecule has 1 atom stereocenters. The molecule has 2 aromatic carbocycles. The van der Waals surface area contributed by atoms with Crippen LogP contribution in [0.15, 0.2) is 42.5 Å². The van der Waals surface area contributed by atoms with E-state index in [0.717, 1.165) is 95.3 Å². The normalized spacial score (nSPS) is 20.5. The van der Waals surface area contributed by atoms with Crippen LogP contribution >= 0.6 is 11.6 Å². The fourth-order valence-electron chi connectivity index (χ4n) is 9.27. The molecule has 318 valence electrons. The largest absolute Gasteiger partial charge is 0.490 e. The number of carbonyl (C=O) groups excluding carboxylic acids is 4. The minimum atomic E-state index is -0.793. The summed E-state index contributed by atoms with van der Waals surface area (Å²) in [4.78, 5) is 64.7. The number of piperazine rings is 1. The lowest BCUT2D eigenvalue weighted by molar-refractivity contribution is -0.125. The van der Waals surface area contributed by atoms with Crippen LogP contribution in [0.3, 0.4) is 0 Å². The predicted octanol–water partition coefficient (Wildman–Crippen LogP) is 5.47. The lowest BCUT2D eigenvalue weighted by Gasteiger charge is -2.40. The molecule has 3 aliphatic heterocycles. The fourth-order valence-corrected chi connectivity index (χ4v) is 9.48. The van der Waals surface area contributed by atoms with E-state index in [1.165, 1.54) is 18.0 Å². The number of fused-ring (bicyclic) bond motifs is 1. The van der Waals surface area contributed by atoms with Gasteiger partial charge in [-0.2, -0.15) is 5.26 Å². The van der Waals surface area contributed by atoms with Gasteiger partial charge in [-0.05, 0) is 99.9 Å². The molecule has 2 saturated heterocycles. The molecule has 2 amide bonds. The van der Waals surface area contributed by atoms with Crippen LogP contribution in [0.2, 0.25) is 5.02 Å². The summed E-state index contributed by atoms with van der Waals surface area (Å²) < 4.78 is 21.7. The molecule has 0 spiro atoms. The van der Waals surface area contributed by atoms with Crippen LogP contribution in [0, 0.1) is 23.1 Å². The average Bonchev–Trinajstić information content (AvgIpc) is 3.57. The van der Waals surface area contributed by atoms with Gasteiger partial charge < -0.3 is 29.5 Å². The summed E-state index contributed by atoms with van der Waals surface area (Å²) in [6.45, 7) is 6.28. The third-order valence-corrected chi connectivity index (χ3v) is 13.1. The summed E-state index contributed by atoms with van der Waals surface area (Å²) in [5.41, 5.74) is 3.21. The third kappa shape index (κ3) is 9.75. The lowest BCUT2D eigenvalue weighted by atomic mass is 9.92. The van der Waals surface area contributed by atoms with Crippen molar-refractivity contribution in [2.24, 2.45) is 5.92 Å². The van der Waals surface area contributed by atoms with E-state index in [0.29, 0.717) is 70.3 Å². The fraction of sp³-hybridized carbons (Fsp3) is 0.511. The van der Waals surface area contributed by atoms with Gasteiger partial charge in [-0.25, -0.2) is 9.37 Å². The smallest absolute Gasteiger partial charge is 0.255 e. The molecule has 7 rings (SSSR count). The molecular formula is C45H54ClFN8O5. The number of hydrogen-bond acceptors (Lipinski definition) is 11. The van der Waals surface area contributed by atoms with Gasteiger partial charge >= 0.3 is 0 Å². The molecule has 60 heavy (non-hydrogen) atoms. The molecule has 1 unspecified atom stereocenters. The molecule has 1 N–H and O–H groups in total. The van der Waals surface area contributed by atoms with Gasteiger partial charge in [-0.3, -0.25) is 24.2 Å². The van der Waals surface area contributed by atoms with Crippen molar-refractivity contribution in [2.75, 3.05) is 69.7 Å². The Labute approximate surface area is 356 Å². The number of pyridine rings is 1. The van der Waals surface area contributed by atoms with Gasteiger partial charge in [0, 0.05) is 95.6 Å². The maximum absolute atomic E-state index is 15.5. The van der Waals surface area contributed by atoms with Crippen LogP contribution in [0.5, 0.6) is 5.75 Å². The van der Waals surface area contributed by atoms with Gasteiger partial charge in [0.25, 0.3) is 5.91 Å². The maximum atomic E-state index is 15.5. The molecule has 3 aromatic rings. The first-order valence-electron chi connectivity index (χ1n) is 21.1. The van der Waals surface area contributed by atoms with E-state index in [-0.39, 0.29) is 43.1 Å². The number of nitrogens with zero attached hydrogens (tertiary/aromatic N) is 7. The summed E-state index contributed by atoms with van der Waals surface area (Å²) in [5, 5.41) is 12.1. The number of likely N-dealkylation sites (N-methyl/N-ethyl adjacent to an activating group) is 1. The summed E-state index contributed by atoms with van der Waals surface area (Å²) in [6.07, 6.45) is 7.83. The van der Waals surface area contributed by atoms with Crippen molar-refractivity contribution in [1.82, 2.24) is 25.0 Å². The monoisotopic (exact) mass is 840 g/mol. The lowest BCUT2D eigenvalue weighted by Crippen LogP contribution is -2.49. The molecule has 1 saturated carbocycles. The van der Waals surface area contributed by atoms with Gasteiger partial charge in [0.15, 0.2) is 6.29 Å². The second-order valence-electron chi connectivity index (χ2n) is 16.5. The number of piperidine rings is 1. The average molecular weight is 841 g/mol. The molecule has 4 heterocycles. The first-order valence-corrected chi connectivity index (χ1v) is 21.5. The highest BCUT2D eigenvalue weighted by atomic mass is 35.5. The SMILES string of the molecule is CNC(=O)C(CCC=O)N1Cc2cc(F)c(N3CCN(CC4CCN(c5ccc(C=O)c(CN(C)C6CCC(Oc7ccc(C#N)c(Cl)c7)CC6)n5)CC4)CC3)cc2C1=O. The number of anilines is 2. The zero-order valence-corrected chi connectivity index (χ0v) is 35.2. The molecule has 3 fully saturated rings. The van der Waals surface area contributed by atoms with Crippen molar-refractivity contribution in [3.63, 3.8) is 0 Å². The van der Waals surface area contributed by atoms with E-state index in [4.69, 9.17) is 26.6 Å². The number of hydrogen-bond donors (Lipinski definition) is 1. The number of rotatable bonds is 15. The zero-order chi connectivity index (χ0) is 42.3. The molecule has 0 bridgehead atoms. The number of aldehydes is 2. The highest BCUT2D eigenvalue weighted by molar-refractivity contribution is 6.31. The van der Waals surface area contributed by atoms with Crippen LogP contribution in [-0.4, -0.2) is 122 Å². The Morgan fingerprint density at radius 1 is 1.03 bits per heavy atom. The number of benzene rings is 2. The predicted molar refractivity (Wildman–Crippen MR) is 227 cm³/mol. The Morgan fingerprint density at radius 2 is 1.78 bits per heavy atom. The summed E-state index contributed by atoms with van der Waals surface area (Å²) in [5.74, 6) is 1.07. The van der Waals surface area contributed by atoms with Gasteiger partial charge in [-0.1, -0.05) is 11.6 Å². The van der Waals surface area contributed by atoms with Gasteiger partial charge in [0.1, 0.15) is 35.8 Å². The number of nitrogens with one attached hydrogen (secondary N) is 1. The first-order chi connectivity index (χ1) is 29.1. The van der Waals surface area contributed by atoms with Crippen molar-refractivity contribution in [3.05, 3.63) is 81.3 Å². The van der Waals surface area contributed by atoms with E-state index >= 15 is 4.39 Å². The van der Waals surface area contributed by atoms with Crippen molar-refractivity contribution < 1.29 is 28.3 Å². The van der Waals surface area contributed by atoms with E-state index in [1.807, 2.05) is 17.0 Å². The number of nitriles is 1. The highest BCUT2D eigenvalue weighted by Crippen LogP contribution is 2.34. The van der Waals surface area contributed by atoms with Crippen LogP contribution in [0.25, 0.3) is 0 Å². The summed E-state index contributed by atoms with van der Waals surface area (Å²) in [7, 11) is 3.60. The number of ether oxygens (including phenoxy) is 1. The Hall–Kier alpha value is -5.10. The van der Waals surface area contributed by atoms with Gasteiger partial charge in [0.2, 0.25) is 5.91 Å². The van der Waals surface area contributed by atoms with Crippen LogP contribution in [0.4, 0.5) is 15.9 Å². The second-order valence-corrected chi connectivity index (χ2v) is 16.9. The van der Waals surface area contributed by atoms with Crippen molar-refractivity contribution in [2.45, 2.75) is 82.6 Å². The Kier molecular flexibility index (Phi) is 14.0. The van der Waals surface area contributed by atoms with Crippen LogP contribution in [-0.2, 0) is 22.7 Å². The van der Waals surface area contributed by atoms with Crippen LogP contribution < -0.4 is 19.9 Å². The number of carbonyl (C=O) groups is 4. The van der Waals surface area contributed by atoms with E-state index < -0.39 is 6.04 Å². The Bertz CT molecular complexity index is 2090. The number of halogens is 2. The molecule has 4 aliphatic rings. The second kappa shape index (κ2) is 19.5. The van der Waals surface area contributed by atoms with Gasteiger partial charge in [-0.15, -0.1) is 0 Å². The molecule has 1 aliphatic carbocycles. The molecule has 15 heteroatoms. The van der Waals surface area contributed by atoms with Crippen molar-refractivity contribution in [1.29, 1.82) is 5.26 Å². The van der Waals surface area contributed by atoms with Gasteiger partial charge in [0.05, 0.1) is 28.1 Å². The highest BCUT2D eigenvalue weighted by Gasteiger charge is 2.37. The first kappa shape index (κ1) is 43.0. The Morgan fingerprint density at radius 3 is 2.45 bits per heavy atom. The van der Waals surface area contributed by atoms with E-state index in [2.05, 4.69) is 33.1 Å². The molecule has 13 nitrogen and oxygen atoms in total. The third-order valence-electron chi connectivity index (χ3n) is 12.8. The van der Waals surface area contributed by atoms with Crippen LogP contribution in [0.1, 0.15) is 88.9 Å². The van der Waals surface area contributed by atoms with Crippen molar-refractivity contribution in [3.8, 4) is 11.8 Å². The van der Waals surface area contributed by atoms with E-state index in [9.17, 15) is 19.2 Å². The summed E-state index contributed by atoms with van der Waals surface area (Å²) in [6, 6.07) is 13.7. The minimum absolute atomic E-state index is 0.0813. The maximum Gasteiger partial charge on any atom is 0.255 e. The summed E-state index contributed by atoms with van der Waals surface area (Å²) >= 11 is 6.20. The number of amides is 2. The van der Waals surface area contributed by atoms with Crippen molar-refractivity contribution >= 4 is 47.5 Å². The molecular weight excluding hydrogens is 787 g/mol. The Balaban J connectivity index is 0.872. The minimum Gasteiger partial charge on any atom is -0.490 e.